The lowest BCUT2D eigenvalue weighted by atomic mass is 9.81. The van der Waals surface area contributed by atoms with E-state index in [0.29, 0.717) is 11.4 Å². The normalized spacial score (nSPS) is 11.2. The molecule has 0 saturated heterocycles. The van der Waals surface area contributed by atoms with Gasteiger partial charge < -0.3 is 4.74 Å². The second kappa shape index (κ2) is 6.71. The molecule has 0 fully saturated rings. The molecule has 19 heavy (non-hydrogen) atoms. The summed E-state index contributed by atoms with van der Waals surface area (Å²) in [6, 6.07) is 7.52. The number of carbonyl (C=O) groups is 2. The van der Waals surface area contributed by atoms with E-state index < -0.39 is 11.8 Å². The Morgan fingerprint density at radius 1 is 1.32 bits per heavy atom. The van der Waals surface area contributed by atoms with E-state index in [4.69, 9.17) is 16.3 Å². The Bertz CT molecular complexity index is 466. The van der Waals surface area contributed by atoms with E-state index in [1.54, 1.807) is 6.92 Å². The minimum atomic E-state index is -0.748. The highest BCUT2D eigenvalue weighted by Crippen LogP contribution is 2.27. The molecule has 0 amide bonds. The van der Waals surface area contributed by atoms with Gasteiger partial charge in [-0.1, -0.05) is 37.6 Å². The van der Waals surface area contributed by atoms with Gasteiger partial charge in [0.05, 0.1) is 6.61 Å². The average Bonchev–Trinajstić information content (AvgIpc) is 2.27. The number of carbonyl (C=O) groups excluding carboxylic acids is 2. The van der Waals surface area contributed by atoms with Crippen LogP contribution in [0.1, 0.15) is 32.8 Å². The van der Waals surface area contributed by atoms with E-state index in [0.717, 1.165) is 5.56 Å². The molecule has 1 aromatic rings. The molecule has 0 spiro atoms. The standard InChI is InChI=1S/C15H19ClO3/c1-4-19-14(18)13(17)10-15(2,3)9-11-6-5-7-12(16)8-11/h5-8H,4,9-10H2,1-3H3. The maximum atomic E-state index is 11.7. The number of rotatable bonds is 6. The van der Waals surface area contributed by atoms with Crippen LogP contribution in [0.2, 0.25) is 5.02 Å². The first-order valence-corrected chi connectivity index (χ1v) is 6.66. The largest absolute Gasteiger partial charge is 0.460 e. The van der Waals surface area contributed by atoms with Crippen LogP contribution < -0.4 is 0 Å². The molecule has 0 N–H and O–H groups in total. The van der Waals surface area contributed by atoms with Crippen molar-refractivity contribution < 1.29 is 14.3 Å². The van der Waals surface area contributed by atoms with Crippen LogP contribution in [0.3, 0.4) is 0 Å². The number of hydrogen-bond acceptors (Lipinski definition) is 3. The highest BCUT2D eigenvalue weighted by atomic mass is 35.5. The Morgan fingerprint density at radius 3 is 2.58 bits per heavy atom. The van der Waals surface area contributed by atoms with Crippen LogP contribution in [-0.4, -0.2) is 18.4 Å². The van der Waals surface area contributed by atoms with Gasteiger partial charge in [-0.2, -0.15) is 0 Å². The zero-order chi connectivity index (χ0) is 14.5. The van der Waals surface area contributed by atoms with Crippen LogP contribution >= 0.6 is 11.6 Å². The molecule has 3 nitrogen and oxygen atoms in total. The fraction of sp³-hybridized carbons (Fsp3) is 0.467. The molecule has 0 saturated carbocycles. The summed E-state index contributed by atoms with van der Waals surface area (Å²) in [6.45, 7) is 5.80. The van der Waals surface area contributed by atoms with Crippen LogP contribution in [0.25, 0.3) is 0 Å². The molecule has 104 valence electrons. The molecular weight excluding hydrogens is 264 g/mol. The summed E-state index contributed by atoms with van der Waals surface area (Å²) >= 11 is 5.93. The van der Waals surface area contributed by atoms with Crippen LogP contribution in [0.15, 0.2) is 24.3 Å². The number of benzene rings is 1. The molecule has 0 aromatic heterocycles. The van der Waals surface area contributed by atoms with Crippen molar-refractivity contribution in [2.75, 3.05) is 6.61 Å². The third kappa shape index (κ3) is 5.43. The molecule has 0 aliphatic heterocycles. The molecule has 0 atom stereocenters. The van der Waals surface area contributed by atoms with Crippen LogP contribution in [0.4, 0.5) is 0 Å². The van der Waals surface area contributed by atoms with Gasteiger partial charge in [-0.3, -0.25) is 4.79 Å². The summed E-state index contributed by atoms with van der Waals surface area (Å²) in [5, 5.41) is 0.671. The summed E-state index contributed by atoms with van der Waals surface area (Å²) in [5.74, 6) is -1.23. The highest BCUT2D eigenvalue weighted by Gasteiger charge is 2.27. The smallest absolute Gasteiger partial charge is 0.374 e. The first-order chi connectivity index (χ1) is 8.84. The lowest BCUT2D eigenvalue weighted by Gasteiger charge is -2.23. The molecule has 0 heterocycles. The van der Waals surface area contributed by atoms with Crippen molar-refractivity contribution in [2.24, 2.45) is 5.41 Å². The van der Waals surface area contributed by atoms with Crippen molar-refractivity contribution in [3.05, 3.63) is 34.9 Å². The Labute approximate surface area is 118 Å². The fourth-order valence-electron chi connectivity index (χ4n) is 1.98. The minimum absolute atomic E-state index is 0.165. The van der Waals surface area contributed by atoms with Crippen molar-refractivity contribution in [1.29, 1.82) is 0 Å². The summed E-state index contributed by atoms with van der Waals surface area (Å²) in [7, 11) is 0. The number of Topliss-reactive ketones (excluding diaryl/α,β-unsaturated/α-hetero) is 1. The quantitative estimate of drug-likeness (QED) is 0.593. The van der Waals surface area contributed by atoms with E-state index >= 15 is 0 Å². The van der Waals surface area contributed by atoms with Crippen molar-refractivity contribution in [3.8, 4) is 0 Å². The molecule has 0 bridgehead atoms. The van der Waals surface area contributed by atoms with Crippen LogP contribution in [0, 0.1) is 5.41 Å². The van der Waals surface area contributed by atoms with Gasteiger partial charge in [0, 0.05) is 11.4 Å². The maximum Gasteiger partial charge on any atom is 0.374 e. The van der Waals surface area contributed by atoms with E-state index in [2.05, 4.69) is 0 Å². The Kier molecular flexibility index (Phi) is 5.55. The molecule has 0 aliphatic rings. The van der Waals surface area contributed by atoms with Gasteiger partial charge in [0.1, 0.15) is 0 Å². The summed E-state index contributed by atoms with van der Waals surface area (Å²) in [4.78, 5) is 23.0. The Balaban J connectivity index is 2.66. The summed E-state index contributed by atoms with van der Waals surface area (Å²) in [6.07, 6.45) is 0.844. The van der Waals surface area contributed by atoms with Crippen LogP contribution in [0.5, 0.6) is 0 Å². The predicted molar refractivity (Wildman–Crippen MR) is 75.2 cm³/mol. The van der Waals surface area contributed by atoms with Gasteiger partial charge >= 0.3 is 5.97 Å². The molecule has 0 unspecified atom stereocenters. The number of ketones is 1. The Hall–Kier alpha value is -1.35. The monoisotopic (exact) mass is 282 g/mol. The summed E-state index contributed by atoms with van der Waals surface area (Å²) < 4.78 is 4.71. The first kappa shape index (κ1) is 15.7. The number of ether oxygens (including phenoxy) is 1. The minimum Gasteiger partial charge on any atom is -0.460 e. The third-order valence-corrected chi connectivity index (χ3v) is 2.95. The van der Waals surface area contributed by atoms with Gasteiger partial charge in [-0.25, -0.2) is 4.79 Å². The molecule has 1 aromatic carbocycles. The van der Waals surface area contributed by atoms with Crippen molar-refractivity contribution in [3.63, 3.8) is 0 Å². The molecule has 1 rings (SSSR count). The number of hydrogen-bond donors (Lipinski definition) is 0. The van der Waals surface area contributed by atoms with Gasteiger partial charge in [0.15, 0.2) is 0 Å². The van der Waals surface area contributed by atoms with Gasteiger partial charge in [-0.05, 0) is 36.5 Å². The van der Waals surface area contributed by atoms with Gasteiger partial charge in [0.25, 0.3) is 0 Å². The van der Waals surface area contributed by atoms with E-state index in [-0.39, 0.29) is 18.4 Å². The van der Waals surface area contributed by atoms with Crippen molar-refractivity contribution >= 4 is 23.4 Å². The molecular formula is C15H19ClO3. The molecule has 0 radical (unpaired) electrons. The van der Waals surface area contributed by atoms with E-state index in [1.807, 2.05) is 38.1 Å². The van der Waals surface area contributed by atoms with E-state index in [9.17, 15) is 9.59 Å². The predicted octanol–water partition coefficient (Wildman–Crippen LogP) is 3.43. The maximum absolute atomic E-state index is 11.7. The first-order valence-electron chi connectivity index (χ1n) is 6.28. The lowest BCUT2D eigenvalue weighted by Crippen LogP contribution is -2.26. The highest BCUT2D eigenvalue weighted by molar-refractivity contribution is 6.33. The topological polar surface area (TPSA) is 43.4 Å². The van der Waals surface area contributed by atoms with Crippen molar-refractivity contribution in [2.45, 2.75) is 33.6 Å². The van der Waals surface area contributed by atoms with Gasteiger partial charge in [-0.15, -0.1) is 0 Å². The van der Waals surface area contributed by atoms with Gasteiger partial charge in [0.2, 0.25) is 5.78 Å². The van der Waals surface area contributed by atoms with Crippen LogP contribution in [-0.2, 0) is 20.7 Å². The van der Waals surface area contributed by atoms with Crippen molar-refractivity contribution in [1.82, 2.24) is 0 Å². The Morgan fingerprint density at radius 2 is 2.00 bits per heavy atom. The zero-order valence-electron chi connectivity index (χ0n) is 11.5. The fourth-order valence-corrected chi connectivity index (χ4v) is 2.19. The lowest BCUT2D eigenvalue weighted by molar-refractivity contribution is -0.154. The SMILES string of the molecule is CCOC(=O)C(=O)CC(C)(C)Cc1cccc(Cl)c1. The number of esters is 1. The summed E-state index contributed by atoms with van der Waals surface area (Å²) in [5.41, 5.74) is 0.739. The molecule has 0 aliphatic carbocycles. The second-order valence-electron chi connectivity index (χ2n) is 5.29. The molecule has 4 heteroatoms. The van der Waals surface area contributed by atoms with E-state index in [1.165, 1.54) is 0 Å². The number of halogens is 1. The average molecular weight is 283 g/mol. The zero-order valence-corrected chi connectivity index (χ0v) is 12.3. The second-order valence-corrected chi connectivity index (χ2v) is 5.73. The third-order valence-electron chi connectivity index (χ3n) is 2.71.